The Morgan fingerprint density at radius 1 is 1.26 bits per heavy atom. The van der Waals surface area contributed by atoms with Crippen molar-refractivity contribution in [3.05, 3.63) is 38.4 Å². The number of nitrogens with one attached hydrogen (secondary N) is 1. The lowest BCUT2D eigenvalue weighted by atomic mass is 10.2. The highest BCUT2D eigenvalue weighted by Gasteiger charge is 2.27. The van der Waals surface area contributed by atoms with Crippen LogP contribution in [0.1, 0.15) is 6.92 Å². The third-order valence-electron chi connectivity index (χ3n) is 2.73. The van der Waals surface area contributed by atoms with E-state index in [9.17, 15) is 29.8 Å². The molecule has 23 heavy (non-hydrogen) atoms. The van der Waals surface area contributed by atoms with Gasteiger partial charge in [0.25, 0.3) is 5.69 Å². The molecule has 2 rings (SSSR count). The standard InChI is InChI=1S/C12H9N3O7S/c1-2-22-12(17)10(16)13-9-7-5-6(14(18)19)3-4-8(7)23-11(9)15(20)21/h3-5H,2H2,1H3,(H,13,16). The quantitative estimate of drug-likeness (QED) is 0.389. The second kappa shape index (κ2) is 6.36. The maximum atomic E-state index is 11.7. The monoisotopic (exact) mass is 339 g/mol. The number of rotatable bonds is 4. The number of carbonyl (C=O) groups excluding carboxylic acids is 2. The summed E-state index contributed by atoms with van der Waals surface area (Å²) in [6.07, 6.45) is 0. The Hall–Kier alpha value is -3.08. The number of ether oxygens (including phenoxy) is 1. The summed E-state index contributed by atoms with van der Waals surface area (Å²) in [5.74, 6) is -2.40. The smallest absolute Gasteiger partial charge is 0.397 e. The van der Waals surface area contributed by atoms with E-state index in [2.05, 4.69) is 10.1 Å². The number of thiophene rings is 1. The molecule has 0 spiro atoms. The Labute approximate surface area is 132 Å². The minimum Gasteiger partial charge on any atom is -0.459 e. The molecule has 0 aliphatic heterocycles. The number of non-ortho nitro benzene ring substituents is 1. The Morgan fingerprint density at radius 2 is 1.96 bits per heavy atom. The van der Waals surface area contributed by atoms with Crippen LogP contribution in [-0.2, 0) is 14.3 Å². The Morgan fingerprint density at radius 3 is 2.52 bits per heavy atom. The SMILES string of the molecule is CCOC(=O)C(=O)Nc1c([N+](=O)[O-])sc2ccc([N+](=O)[O-])cc12. The minimum atomic E-state index is -1.20. The highest BCUT2D eigenvalue weighted by atomic mass is 32.1. The molecule has 0 saturated heterocycles. The van der Waals surface area contributed by atoms with Crippen molar-refractivity contribution >= 4 is 49.7 Å². The van der Waals surface area contributed by atoms with Crippen LogP contribution in [0.4, 0.5) is 16.4 Å². The van der Waals surface area contributed by atoms with E-state index in [-0.39, 0.29) is 23.4 Å². The number of fused-ring (bicyclic) bond motifs is 1. The molecule has 0 saturated carbocycles. The molecule has 1 heterocycles. The Balaban J connectivity index is 2.54. The van der Waals surface area contributed by atoms with Gasteiger partial charge in [0.1, 0.15) is 5.69 Å². The van der Waals surface area contributed by atoms with Gasteiger partial charge in [-0.1, -0.05) is 11.3 Å². The zero-order valence-corrected chi connectivity index (χ0v) is 12.4. The van der Waals surface area contributed by atoms with Gasteiger partial charge in [0.05, 0.1) is 16.5 Å². The van der Waals surface area contributed by atoms with Gasteiger partial charge in [-0.25, -0.2) is 4.79 Å². The zero-order chi connectivity index (χ0) is 17.1. The molecular weight excluding hydrogens is 330 g/mol. The van der Waals surface area contributed by atoms with Crippen LogP contribution in [0, 0.1) is 20.2 Å². The fourth-order valence-corrected chi connectivity index (χ4v) is 2.75. The van der Waals surface area contributed by atoms with Crippen molar-refractivity contribution < 1.29 is 24.2 Å². The lowest BCUT2D eigenvalue weighted by molar-refractivity contribution is -0.384. The molecule has 0 unspecified atom stereocenters. The molecular formula is C12H9N3O7S. The van der Waals surface area contributed by atoms with Crippen molar-refractivity contribution in [2.45, 2.75) is 6.92 Å². The van der Waals surface area contributed by atoms with E-state index < -0.39 is 26.7 Å². The second-order valence-electron chi connectivity index (χ2n) is 4.15. The molecule has 0 bridgehead atoms. The Kier molecular flexibility index (Phi) is 4.50. The number of hydrogen-bond acceptors (Lipinski definition) is 8. The number of benzene rings is 1. The number of nitro benzene ring substituents is 1. The van der Waals surface area contributed by atoms with Crippen molar-refractivity contribution in [1.82, 2.24) is 0 Å². The fraction of sp³-hybridized carbons (Fsp3) is 0.167. The van der Waals surface area contributed by atoms with Crippen LogP contribution in [0.5, 0.6) is 0 Å². The summed E-state index contributed by atoms with van der Waals surface area (Å²) >= 11 is 0.731. The van der Waals surface area contributed by atoms with Crippen molar-refractivity contribution in [2.24, 2.45) is 0 Å². The molecule has 1 aromatic heterocycles. The highest BCUT2D eigenvalue weighted by molar-refractivity contribution is 7.23. The first-order chi connectivity index (χ1) is 10.8. The van der Waals surface area contributed by atoms with E-state index in [4.69, 9.17) is 0 Å². The summed E-state index contributed by atoms with van der Waals surface area (Å²) in [4.78, 5) is 43.6. The van der Waals surface area contributed by atoms with Crippen molar-refractivity contribution in [1.29, 1.82) is 0 Å². The summed E-state index contributed by atoms with van der Waals surface area (Å²) in [7, 11) is 0. The number of esters is 1. The van der Waals surface area contributed by atoms with Crippen molar-refractivity contribution in [3.8, 4) is 0 Å². The van der Waals surface area contributed by atoms with Gasteiger partial charge in [-0.05, 0) is 13.0 Å². The maximum absolute atomic E-state index is 11.7. The van der Waals surface area contributed by atoms with Gasteiger partial charge in [0, 0.05) is 22.2 Å². The van der Waals surface area contributed by atoms with E-state index in [1.807, 2.05) is 0 Å². The molecule has 10 nitrogen and oxygen atoms in total. The van der Waals surface area contributed by atoms with E-state index in [0.29, 0.717) is 4.70 Å². The molecule has 0 atom stereocenters. The van der Waals surface area contributed by atoms with Crippen LogP contribution in [0.15, 0.2) is 18.2 Å². The third kappa shape index (κ3) is 3.23. The van der Waals surface area contributed by atoms with Crippen molar-refractivity contribution in [2.75, 3.05) is 11.9 Å². The maximum Gasteiger partial charge on any atom is 0.397 e. The van der Waals surface area contributed by atoms with Gasteiger partial charge in [0.2, 0.25) is 0 Å². The predicted octanol–water partition coefficient (Wildman–Crippen LogP) is 2.22. The normalized spacial score (nSPS) is 10.3. The first kappa shape index (κ1) is 16.3. The number of nitrogens with zero attached hydrogens (tertiary/aromatic N) is 2. The number of carbonyl (C=O) groups is 2. The summed E-state index contributed by atoms with van der Waals surface area (Å²) in [5, 5.41) is 23.7. The van der Waals surface area contributed by atoms with Crippen LogP contribution in [0.3, 0.4) is 0 Å². The van der Waals surface area contributed by atoms with Gasteiger partial charge >= 0.3 is 16.9 Å². The summed E-state index contributed by atoms with van der Waals surface area (Å²) in [5.41, 5.74) is -0.561. The molecule has 0 fully saturated rings. The topological polar surface area (TPSA) is 142 Å². The van der Waals surface area contributed by atoms with E-state index in [0.717, 1.165) is 17.4 Å². The highest BCUT2D eigenvalue weighted by Crippen LogP contribution is 2.42. The fourth-order valence-electron chi connectivity index (χ4n) is 1.80. The Bertz CT molecular complexity index is 829. The molecule has 1 amide bonds. The lowest BCUT2D eigenvalue weighted by Gasteiger charge is -2.03. The van der Waals surface area contributed by atoms with E-state index in [1.165, 1.54) is 19.1 Å². The van der Waals surface area contributed by atoms with Crippen LogP contribution in [-0.4, -0.2) is 28.3 Å². The van der Waals surface area contributed by atoms with Crippen LogP contribution >= 0.6 is 11.3 Å². The van der Waals surface area contributed by atoms with Gasteiger partial charge in [-0.2, -0.15) is 0 Å². The molecule has 2 aromatic rings. The van der Waals surface area contributed by atoms with Crippen LogP contribution < -0.4 is 5.32 Å². The van der Waals surface area contributed by atoms with Crippen molar-refractivity contribution in [3.63, 3.8) is 0 Å². The summed E-state index contributed by atoms with van der Waals surface area (Å²) in [6.45, 7) is 1.46. The van der Waals surface area contributed by atoms with Gasteiger partial charge in [-0.3, -0.25) is 25.0 Å². The number of amides is 1. The minimum absolute atomic E-state index is 0.0375. The molecule has 120 valence electrons. The predicted molar refractivity (Wildman–Crippen MR) is 80.4 cm³/mol. The number of hydrogen-bond donors (Lipinski definition) is 1. The van der Waals surface area contributed by atoms with Gasteiger partial charge < -0.3 is 10.1 Å². The van der Waals surface area contributed by atoms with Gasteiger partial charge in [0.15, 0.2) is 0 Å². The molecule has 11 heteroatoms. The second-order valence-corrected chi connectivity index (χ2v) is 5.18. The molecule has 0 aliphatic rings. The first-order valence-electron chi connectivity index (χ1n) is 6.18. The number of nitro groups is 2. The van der Waals surface area contributed by atoms with Crippen LogP contribution in [0.2, 0.25) is 0 Å². The molecule has 1 N–H and O–H groups in total. The largest absolute Gasteiger partial charge is 0.459 e. The molecule has 1 aromatic carbocycles. The summed E-state index contributed by atoms with van der Waals surface area (Å²) in [6, 6.07) is 3.63. The number of anilines is 1. The van der Waals surface area contributed by atoms with E-state index in [1.54, 1.807) is 0 Å². The van der Waals surface area contributed by atoms with Crippen LogP contribution in [0.25, 0.3) is 10.1 Å². The third-order valence-corrected chi connectivity index (χ3v) is 3.85. The van der Waals surface area contributed by atoms with E-state index >= 15 is 0 Å². The lowest BCUT2D eigenvalue weighted by Crippen LogP contribution is -2.25. The zero-order valence-electron chi connectivity index (χ0n) is 11.6. The summed E-state index contributed by atoms with van der Waals surface area (Å²) < 4.78 is 4.86. The molecule has 0 aliphatic carbocycles. The first-order valence-corrected chi connectivity index (χ1v) is 7.00. The molecule has 0 radical (unpaired) electrons. The average molecular weight is 339 g/mol. The average Bonchev–Trinajstić information content (AvgIpc) is 2.85. The van der Waals surface area contributed by atoms with Gasteiger partial charge in [-0.15, -0.1) is 0 Å².